The average molecular weight is 379 g/mol. The van der Waals surface area contributed by atoms with Crippen molar-refractivity contribution in [3.05, 3.63) is 73.3 Å². The Hall–Kier alpha value is -3.53. The molecular weight excluding hydrogens is 368 g/mol. The zero-order valence-electron chi connectivity index (χ0n) is 13.0. The molecule has 0 aliphatic rings. The van der Waals surface area contributed by atoms with Crippen LogP contribution in [0.2, 0.25) is 5.02 Å². The fraction of sp³-hybridized carbons (Fsp3) is 0.0667. The highest BCUT2D eigenvalue weighted by Crippen LogP contribution is 2.26. The molecule has 11 heteroatoms. The van der Waals surface area contributed by atoms with E-state index in [-0.39, 0.29) is 22.1 Å². The van der Waals surface area contributed by atoms with Crippen molar-refractivity contribution in [2.24, 2.45) is 5.16 Å². The first kappa shape index (κ1) is 18.8. The first-order chi connectivity index (χ1) is 12.4. The lowest BCUT2D eigenvalue weighted by Crippen LogP contribution is -2.17. The van der Waals surface area contributed by atoms with Gasteiger partial charge in [-0.25, -0.2) is 0 Å². The summed E-state index contributed by atoms with van der Waals surface area (Å²) < 4.78 is 0. The zero-order chi connectivity index (χ0) is 19.1. The quantitative estimate of drug-likeness (QED) is 0.446. The molecule has 0 saturated carbocycles. The van der Waals surface area contributed by atoms with Gasteiger partial charge in [-0.1, -0.05) is 28.9 Å². The van der Waals surface area contributed by atoms with Crippen molar-refractivity contribution in [3.8, 4) is 0 Å². The van der Waals surface area contributed by atoms with Gasteiger partial charge in [0.15, 0.2) is 6.61 Å². The second kappa shape index (κ2) is 8.53. The van der Waals surface area contributed by atoms with E-state index in [1.54, 1.807) is 6.07 Å². The molecule has 134 valence electrons. The lowest BCUT2D eigenvalue weighted by molar-refractivity contribution is -0.385. The van der Waals surface area contributed by atoms with E-state index in [0.29, 0.717) is 5.56 Å². The number of halogens is 1. The number of carbonyl (C=O) groups excluding carboxylic acids is 1. The number of amides is 1. The van der Waals surface area contributed by atoms with Gasteiger partial charge in [0.1, 0.15) is 0 Å². The summed E-state index contributed by atoms with van der Waals surface area (Å²) in [5.74, 6) is -0.586. The lowest BCUT2D eigenvalue weighted by Gasteiger charge is -2.06. The van der Waals surface area contributed by atoms with E-state index < -0.39 is 22.4 Å². The van der Waals surface area contributed by atoms with Crippen molar-refractivity contribution in [3.63, 3.8) is 0 Å². The maximum absolute atomic E-state index is 11.7. The minimum atomic E-state index is -0.608. The Morgan fingerprint density at radius 1 is 1.15 bits per heavy atom. The Balaban J connectivity index is 1.88. The van der Waals surface area contributed by atoms with Crippen LogP contribution in [0.3, 0.4) is 0 Å². The molecule has 0 atom stereocenters. The lowest BCUT2D eigenvalue weighted by atomic mass is 10.2. The highest BCUT2D eigenvalue weighted by molar-refractivity contribution is 6.34. The van der Waals surface area contributed by atoms with Crippen molar-refractivity contribution in [1.82, 2.24) is 0 Å². The van der Waals surface area contributed by atoms with E-state index >= 15 is 0 Å². The first-order valence-electron chi connectivity index (χ1n) is 7.00. The molecule has 0 spiro atoms. The van der Waals surface area contributed by atoms with Crippen molar-refractivity contribution in [1.29, 1.82) is 0 Å². The van der Waals surface area contributed by atoms with E-state index in [2.05, 4.69) is 10.5 Å². The van der Waals surface area contributed by atoms with Gasteiger partial charge in [0.05, 0.1) is 26.8 Å². The van der Waals surface area contributed by atoms with Crippen LogP contribution >= 0.6 is 11.6 Å². The summed E-state index contributed by atoms with van der Waals surface area (Å²) in [6, 6.07) is 9.30. The SMILES string of the molecule is O=C(CO/N=C/c1cccc([N+](=O)[O-])c1)Nc1ccc([N+](=O)[O-])cc1Cl. The highest BCUT2D eigenvalue weighted by Gasteiger charge is 2.11. The van der Waals surface area contributed by atoms with Crippen LogP contribution in [0.4, 0.5) is 17.1 Å². The summed E-state index contributed by atoms with van der Waals surface area (Å²) in [4.78, 5) is 36.7. The molecule has 2 aromatic rings. The number of benzene rings is 2. The summed E-state index contributed by atoms with van der Waals surface area (Å²) in [5.41, 5.74) is 0.317. The molecule has 1 amide bonds. The van der Waals surface area contributed by atoms with E-state index in [1.165, 1.54) is 36.5 Å². The van der Waals surface area contributed by atoms with Gasteiger partial charge in [0, 0.05) is 29.8 Å². The number of non-ortho nitro benzene ring substituents is 2. The van der Waals surface area contributed by atoms with Gasteiger partial charge in [-0.05, 0) is 6.07 Å². The number of nitro benzene ring substituents is 2. The van der Waals surface area contributed by atoms with Crippen LogP contribution in [0.1, 0.15) is 5.56 Å². The Kier molecular flexibility index (Phi) is 6.17. The van der Waals surface area contributed by atoms with Crippen molar-refractivity contribution >= 4 is 40.8 Å². The molecule has 0 radical (unpaired) electrons. The second-order valence-electron chi connectivity index (χ2n) is 4.83. The van der Waals surface area contributed by atoms with Crippen LogP contribution in [0.25, 0.3) is 0 Å². The number of nitro groups is 2. The summed E-state index contributed by atoms with van der Waals surface area (Å²) >= 11 is 5.85. The van der Waals surface area contributed by atoms with Crippen molar-refractivity contribution in [2.45, 2.75) is 0 Å². The van der Waals surface area contributed by atoms with Crippen LogP contribution in [0.5, 0.6) is 0 Å². The predicted molar refractivity (Wildman–Crippen MR) is 93.4 cm³/mol. The minimum Gasteiger partial charge on any atom is -0.386 e. The molecule has 0 aromatic heterocycles. The molecule has 2 rings (SSSR count). The minimum absolute atomic E-state index is 0.00708. The Bertz CT molecular complexity index is 886. The smallest absolute Gasteiger partial charge is 0.271 e. The van der Waals surface area contributed by atoms with Crippen LogP contribution in [0, 0.1) is 20.2 Å². The normalized spacial score (nSPS) is 10.5. The molecule has 0 heterocycles. The standard InChI is InChI=1S/C15H11ClN4O6/c16-13-7-12(20(24)25)4-5-14(13)18-15(21)9-26-17-8-10-2-1-3-11(6-10)19(22)23/h1-8H,9H2,(H,18,21)/b17-8+. The maximum atomic E-state index is 11.7. The molecule has 0 aliphatic heterocycles. The summed E-state index contributed by atoms with van der Waals surface area (Å²) in [5, 5.41) is 27.3. The van der Waals surface area contributed by atoms with E-state index in [4.69, 9.17) is 16.4 Å². The van der Waals surface area contributed by atoms with Gasteiger partial charge in [0.2, 0.25) is 0 Å². The van der Waals surface area contributed by atoms with Crippen LogP contribution in [-0.4, -0.2) is 28.6 Å². The number of anilines is 1. The van der Waals surface area contributed by atoms with Crippen LogP contribution < -0.4 is 5.32 Å². The topological polar surface area (TPSA) is 137 Å². The van der Waals surface area contributed by atoms with Gasteiger partial charge < -0.3 is 10.2 Å². The van der Waals surface area contributed by atoms with Crippen LogP contribution in [0.15, 0.2) is 47.6 Å². The summed E-state index contributed by atoms with van der Waals surface area (Å²) in [7, 11) is 0. The largest absolute Gasteiger partial charge is 0.386 e. The van der Waals surface area contributed by atoms with Gasteiger partial charge in [-0.15, -0.1) is 0 Å². The fourth-order valence-electron chi connectivity index (χ4n) is 1.82. The number of oxime groups is 1. The van der Waals surface area contributed by atoms with E-state index in [0.717, 1.165) is 6.07 Å². The third kappa shape index (κ3) is 5.24. The van der Waals surface area contributed by atoms with Crippen LogP contribution in [-0.2, 0) is 9.63 Å². The number of nitrogens with one attached hydrogen (secondary N) is 1. The van der Waals surface area contributed by atoms with E-state index in [1.807, 2.05) is 0 Å². The van der Waals surface area contributed by atoms with E-state index in [9.17, 15) is 25.0 Å². The zero-order valence-corrected chi connectivity index (χ0v) is 13.8. The molecule has 1 N–H and O–H groups in total. The number of carbonyl (C=O) groups is 1. The molecule has 0 fully saturated rings. The molecule has 0 saturated heterocycles. The summed E-state index contributed by atoms with van der Waals surface area (Å²) in [6.07, 6.45) is 1.22. The maximum Gasteiger partial charge on any atom is 0.271 e. The number of hydrogen-bond acceptors (Lipinski definition) is 7. The Morgan fingerprint density at radius 2 is 1.85 bits per heavy atom. The number of nitrogens with zero attached hydrogens (tertiary/aromatic N) is 3. The molecule has 0 unspecified atom stereocenters. The number of hydrogen-bond donors (Lipinski definition) is 1. The summed E-state index contributed by atoms with van der Waals surface area (Å²) in [6.45, 7) is -0.446. The molecule has 26 heavy (non-hydrogen) atoms. The molecule has 2 aromatic carbocycles. The monoisotopic (exact) mass is 378 g/mol. The third-order valence-corrected chi connectivity index (χ3v) is 3.30. The van der Waals surface area contributed by atoms with Crippen molar-refractivity contribution in [2.75, 3.05) is 11.9 Å². The Labute approximate surface area is 151 Å². The van der Waals surface area contributed by atoms with Gasteiger partial charge >= 0.3 is 0 Å². The predicted octanol–water partition coefficient (Wildman–Crippen LogP) is 3.15. The highest BCUT2D eigenvalue weighted by atomic mass is 35.5. The first-order valence-corrected chi connectivity index (χ1v) is 7.38. The third-order valence-electron chi connectivity index (χ3n) is 2.99. The molecule has 0 aliphatic carbocycles. The van der Waals surface area contributed by atoms with Gasteiger partial charge in [0.25, 0.3) is 17.3 Å². The second-order valence-corrected chi connectivity index (χ2v) is 5.24. The van der Waals surface area contributed by atoms with Gasteiger partial charge in [-0.3, -0.25) is 25.0 Å². The molecule has 10 nitrogen and oxygen atoms in total. The molecular formula is C15H11ClN4O6. The number of rotatable bonds is 7. The average Bonchev–Trinajstić information content (AvgIpc) is 2.60. The molecule has 0 bridgehead atoms. The van der Waals surface area contributed by atoms with Gasteiger partial charge in [-0.2, -0.15) is 0 Å². The van der Waals surface area contributed by atoms with Crippen molar-refractivity contribution < 1.29 is 19.5 Å². The fourth-order valence-corrected chi connectivity index (χ4v) is 2.04. The Morgan fingerprint density at radius 3 is 2.50 bits per heavy atom.